The first-order valence-electron chi connectivity index (χ1n) is 12.5. The third kappa shape index (κ3) is 5.35. The van der Waals surface area contributed by atoms with Crippen LogP contribution in [0.3, 0.4) is 0 Å². The van der Waals surface area contributed by atoms with Crippen LogP contribution in [0.2, 0.25) is 0 Å². The lowest BCUT2D eigenvalue weighted by Crippen LogP contribution is -2.53. The molecule has 3 unspecified atom stereocenters. The molecule has 3 atom stereocenters. The van der Waals surface area contributed by atoms with Crippen molar-refractivity contribution in [2.45, 2.75) is 62.7 Å². The molecule has 0 aromatic heterocycles. The SMILES string of the molecule is CCCN1CCC2(c3ccc(OC)c(OC)c3)CCC(NC(=O)Nc3cccc(C(F)(F)F)c3F)CC12. The molecule has 1 saturated heterocycles. The van der Waals surface area contributed by atoms with Crippen LogP contribution in [0, 0.1) is 5.82 Å². The molecule has 2 aliphatic rings. The van der Waals surface area contributed by atoms with Gasteiger partial charge in [-0.3, -0.25) is 4.90 Å². The van der Waals surface area contributed by atoms with Crippen LogP contribution in [0.25, 0.3) is 0 Å². The van der Waals surface area contributed by atoms with Crippen LogP contribution in [0.15, 0.2) is 36.4 Å². The average molecular weight is 524 g/mol. The van der Waals surface area contributed by atoms with Gasteiger partial charge in [0.15, 0.2) is 17.3 Å². The van der Waals surface area contributed by atoms with Crippen molar-refractivity contribution in [1.82, 2.24) is 10.2 Å². The molecule has 2 fully saturated rings. The van der Waals surface area contributed by atoms with Crippen molar-refractivity contribution >= 4 is 11.7 Å². The van der Waals surface area contributed by atoms with Crippen molar-refractivity contribution in [1.29, 1.82) is 0 Å². The Kier molecular flexibility index (Phi) is 7.87. The molecule has 6 nitrogen and oxygen atoms in total. The van der Waals surface area contributed by atoms with E-state index in [1.807, 2.05) is 12.1 Å². The Bertz CT molecular complexity index is 1130. The number of alkyl halides is 3. The number of benzene rings is 2. The predicted octanol–water partition coefficient (Wildman–Crippen LogP) is 5.96. The van der Waals surface area contributed by atoms with Crippen LogP contribution >= 0.6 is 0 Å². The lowest BCUT2D eigenvalue weighted by molar-refractivity contribution is -0.139. The summed E-state index contributed by atoms with van der Waals surface area (Å²) in [5.41, 5.74) is -0.862. The highest BCUT2D eigenvalue weighted by molar-refractivity contribution is 5.89. The number of nitrogens with one attached hydrogen (secondary N) is 2. The van der Waals surface area contributed by atoms with E-state index in [0.29, 0.717) is 30.4 Å². The number of rotatable bonds is 7. The molecule has 2 N–H and O–H groups in total. The fourth-order valence-electron chi connectivity index (χ4n) is 6.00. The molecular weight excluding hydrogens is 490 g/mol. The predicted molar refractivity (Wildman–Crippen MR) is 133 cm³/mol. The van der Waals surface area contributed by atoms with E-state index in [1.54, 1.807) is 14.2 Å². The second-order valence-corrected chi connectivity index (χ2v) is 9.76. The van der Waals surface area contributed by atoms with E-state index in [0.717, 1.165) is 44.5 Å². The van der Waals surface area contributed by atoms with Crippen molar-refractivity contribution in [2.24, 2.45) is 0 Å². The lowest BCUT2D eigenvalue weighted by atomic mass is 9.65. The number of halogens is 4. The molecule has 2 aromatic carbocycles. The normalized spacial score (nSPS) is 23.9. The average Bonchev–Trinajstić information content (AvgIpc) is 3.23. The van der Waals surface area contributed by atoms with Crippen LogP contribution in [0.5, 0.6) is 11.5 Å². The van der Waals surface area contributed by atoms with E-state index in [9.17, 15) is 22.4 Å². The summed E-state index contributed by atoms with van der Waals surface area (Å²) >= 11 is 0. The Morgan fingerprint density at radius 1 is 1.14 bits per heavy atom. The molecule has 4 rings (SSSR count). The number of fused-ring (bicyclic) bond motifs is 1. The van der Waals surface area contributed by atoms with Gasteiger partial charge in [-0.1, -0.05) is 19.1 Å². The van der Waals surface area contributed by atoms with Crippen molar-refractivity contribution < 1.29 is 31.8 Å². The molecule has 0 radical (unpaired) electrons. The molecule has 2 amide bonds. The number of urea groups is 1. The molecule has 37 heavy (non-hydrogen) atoms. The maximum atomic E-state index is 14.4. The van der Waals surface area contributed by atoms with Gasteiger partial charge in [0, 0.05) is 17.5 Å². The molecule has 2 aromatic rings. The van der Waals surface area contributed by atoms with Crippen LogP contribution in [0.1, 0.15) is 50.2 Å². The minimum atomic E-state index is -4.85. The molecule has 0 spiro atoms. The standard InChI is InChI=1S/C27H33F4N3O3/c1-4-13-34-14-12-26(17-8-9-21(36-2)22(15-17)37-3)11-10-18(16-23(26)34)32-25(35)33-20-7-5-6-19(24(20)28)27(29,30)31/h5-9,15,18,23H,4,10-14,16H2,1-3H3,(H2,32,33,35). The molecule has 1 heterocycles. The number of anilines is 1. The van der Waals surface area contributed by atoms with Gasteiger partial charge in [-0.25, -0.2) is 9.18 Å². The van der Waals surface area contributed by atoms with Gasteiger partial charge >= 0.3 is 12.2 Å². The van der Waals surface area contributed by atoms with Crippen LogP contribution in [-0.2, 0) is 11.6 Å². The largest absolute Gasteiger partial charge is 0.493 e. The number of likely N-dealkylation sites (tertiary alicyclic amines) is 1. The lowest BCUT2D eigenvalue weighted by Gasteiger charge is -2.45. The summed E-state index contributed by atoms with van der Waals surface area (Å²) in [6.45, 7) is 3.99. The third-order valence-corrected chi connectivity index (χ3v) is 7.73. The Balaban J connectivity index is 1.52. The van der Waals surface area contributed by atoms with E-state index < -0.39 is 29.3 Å². The van der Waals surface area contributed by atoms with Gasteiger partial charge in [-0.15, -0.1) is 0 Å². The zero-order valence-electron chi connectivity index (χ0n) is 21.3. The van der Waals surface area contributed by atoms with Gasteiger partial charge in [0.25, 0.3) is 0 Å². The van der Waals surface area contributed by atoms with Crippen molar-refractivity contribution in [3.05, 3.63) is 53.3 Å². The van der Waals surface area contributed by atoms with Crippen molar-refractivity contribution in [3.8, 4) is 11.5 Å². The smallest absolute Gasteiger partial charge is 0.419 e. The highest BCUT2D eigenvalue weighted by atomic mass is 19.4. The Morgan fingerprint density at radius 3 is 2.57 bits per heavy atom. The zero-order chi connectivity index (χ0) is 26.8. The Morgan fingerprint density at radius 2 is 1.89 bits per heavy atom. The summed E-state index contributed by atoms with van der Waals surface area (Å²) in [5.74, 6) is -0.160. The fraction of sp³-hybridized carbons (Fsp3) is 0.519. The number of carbonyl (C=O) groups is 1. The first-order chi connectivity index (χ1) is 17.6. The minimum Gasteiger partial charge on any atom is -0.493 e. The first kappa shape index (κ1) is 27.0. The monoisotopic (exact) mass is 523 g/mol. The van der Waals surface area contributed by atoms with Gasteiger partial charge in [-0.2, -0.15) is 13.2 Å². The summed E-state index contributed by atoms with van der Waals surface area (Å²) in [6.07, 6.45) is -0.708. The highest BCUT2D eigenvalue weighted by Crippen LogP contribution is 2.50. The quantitative estimate of drug-likeness (QED) is 0.440. The minimum absolute atomic E-state index is 0.115. The van der Waals surface area contributed by atoms with Gasteiger partial charge in [-0.05, 0) is 75.0 Å². The first-order valence-corrected chi connectivity index (χ1v) is 12.5. The molecule has 202 valence electrons. The van der Waals surface area contributed by atoms with Crippen LogP contribution in [-0.4, -0.2) is 50.3 Å². The van der Waals surface area contributed by atoms with E-state index in [-0.39, 0.29) is 17.5 Å². The summed E-state index contributed by atoms with van der Waals surface area (Å²) in [4.78, 5) is 15.1. The maximum absolute atomic E-state index is 14.4. The summed E-state index contributed by atoms with van der Waals surface area (Å²) in [6, 6.07) is 8.12. The molecule has 0 bridgehead atoms. The second-order valence-electron chi connectivity index (χ2n) is 9.76. The summed E-state index contributed by atoms with van der Waals surface area (Å²) < 4.78 is 64.5. The molecular formula is C27H33F4N3O3. The maximum Gasteiger partial charge on any atom is 0.419 e. The van der Waals surface area contributed by atoms with Crippen molar-refractivity contribution in [2.75, 3.05) is 32.6 Å². The number of nitrogens with zero attached hydrogens (tertiary/aromatic N) is 1. The van der Waals surface area contributed by atoms with Gasteiger partial charge in [0.2, 0.25) is 0 Å². The van der Waals surface area contributed by atoms with E-state index >= 15 is 0 Å². The van der Waals surface area contributed by atoms with Crippen LogP contribution in [0.4, 0.5) is 28.0 Å². The highest BCUT2D eigenvalue weighted by Gasteiger charge is 2.51. The number of hydrogen-bond donors (Lipinski definition) is 2. The van der Waals surface area contributed by atoms with Gasteiger partial charge in [0.05, 0.1) is 25.5 Å². The number of methoxy groups -OCH3 is 2. The number of amides is 2. The Labute approximate surface area is 214 Å². The van der Waals surface area contributed by atoms with Gasteiger partial charge < -0.3 is 20.1 Å². The molecule has 10 heteroatoms. The van der Waals surface area contributed by atoms with Crippen LogP contribution < -0.4 is 20.1 Å². The van der Waals surface area contributed by atoms with Gasteiger partial charge in [0.1, 0.15) is 0 Å². The Hall–Kier alpha value is -3.01. The number of hydrogen-bond acceptors (Lipinski definition) is 4. The number of carbonyl (C=O) groups excluding carboxylic acids is 1. The zero-order valence-corrected chi connectivity index (χ0v) is 21.3. The topological polar surface area (TPSA) is 62.8 Å². The molecule has 1 aliphatic heterocycles. The summed E-state index contributed by atoms with van der Waals surface area (Å²) in [7, 11) is 3.21. The van der Waals surface area contributed by atoms with Crippen molar-refractivity contribution in [3.63, 3.8) is 0 Å². The fourth-order valence-corrected chi connectivity index (χ4v) is 6.00. The number of ether oxygens (including phenoxy) is 2. The second kappa shape index (κ2) is 10.8. The molecule has 1 saturated carbocycles. The van der Waals surface area contributed by atoms with E-state index in [2.05, 4.69) is 28.5 Å². The van der Waals surface area contributed by atoms with E-state index in [1.165, 1.54) is 5.56 Å². The third-order valence-electron chi connectivity index (χ3n) is 7.73. The summed E-state index contributed by atoms with van der Waals surface area (Å²) in [5, 5.41) is 5.13. The molecule has 1 aliphatic carbocycles. The van der Waals surface area contributed by atoms with E-state index in [4.69, 9.17) is 9.47 Å².